The summed E-state index contributed by atoms with van der Waals surface area (Å²) in [5.41, 5.74) is 0.963. The van der Waals surface area contributed by atoms with Crippen molar-refractivity contribution in [3.05, 3.63) is 75.5 Å². The zero-order valence-electron chi connectivity index (χ0n) is 18.5. The number of amides is 1. The van der Waals surface area contributed by atoms with Gasteiger partial charge in [0.05, 0.1) is 21.9 Å². The molecule has 2 fully saturated rings. The molecule has 1 aliphatic carbocycles. The summed E-state index contributed by atoms with van der Waals surface area (Å²) in [6.07, 6.45) is 2.63. The van der Waals surface area contributed by atoms with E-state index in [4.69, 9.17) is 0 Å². The van der Waals surface area contributed by atoms with Crippen molar-refractivity contribution >= 4 is 26.7 Å². The number of hydrogen-bond acceptors (Lipinski definition) is 5. The van der Waals surface area contributed by atoms with Crippen molar-refractivity contribution in [3.8, 4) is 0 Å². The van der Waals surface area contributed by atoms with Crippen LogP contribution in [0.5, 0.6) is 0 Å². The SMILES string of the molecule is O=C(c1cc(Cc2n[nH]c(=O)c3ccccc23)ccc1F)N1CCN(S(=O)(=O)C2CCC2)CC1. The van der Waals surface area contributed by atoms with Crippen molar-refractivity contribution in [2.75, 3.05) is 26.2 Å². The van der Waals surface area contributed by atoms with Crippen LogP contribution in [0.4, 0.5) is 4.39 Å². The maximum absolute atomic E-state index is 14.6. The number of sulfonamides is 1. The molecular weight excluding hydrogens is 459 g/mol. The number of carbonyl (C=O) groups is 1. The van der Waals surface area contributed by atoms with Crippen LogP contribution in [0.15, 0.2) is 47.3 Å². The van der Waals surface area contributed by atoms with Crippen LogP contribution < -0.4 is 5.56 Å². The fraction of sp³-hybridized carbons (Fsp3) is 0.375. The largest absolute Gasteiger partial charge is 0.336 e. The highest BCUT2D eigenvalue weighted by molar-refractivity contribution is 7.89. The van der Waals surface area contributed by atoms with Gasteiger partial charge in [0.2, 0.25) is 10.0 Å². The van der Waals surface area contributed by atoms with E-state index in [1.807, 2.05) is 6.07 Å². The number of aromatic nitrogens is 2. The van der Waals surface area contributed by atoms with Crippen LogP contribution in [-0.2, 0) is 16.4 Å². The van der Waals surface area contributed by atoms with Crippen LogP contribution in [0.3, 0.4) is 0 Å². The first-order valence-corrected chi connectivity index (χ1v) is 12.9. The zero-order chi connectivity index (χ0) is 23.9. The third-order valence-electron chi connectivity index (χ3n) is 6.77. The van der Waals surface area contributed by atoms with Gasteiger partial charge in [0.25, 0.3) is 11.5 Å². The van der Waals surface area contributed by atoms with Crippen LogP contribution in [0.1, 0.15) is 40.9 Å². The predicted octanol–water partition coefficient (Wildman–Crippen LogP) is 2.29. The molecule has 1 amide bonds. The molecule has 5 rings (SSSR count). The summed E-state index contributed by atoms with van der Waals surface area (Å²) in [5, 5.41) is 7.56. The number of hydrogen-bond donors (Lipinski definition) is 1. The summed E-state index contributed by atoms with van der Waals surface area (Å²) in [7, 11) is -3.32. The Bertz CT molecular complexity index is 1410. The zero-order valence-corrected chi connectivity index (χ0v) is 19.4. The third-order valence-corrected chi connectivity index (χ3v) is 9.17. The van der Waals surface area contributed by atoms with Crippen LogP contribution in [-0.4, -0.2) is 65.2 Å². The standard InChI is InChI=1S/C24H25FN4O4S/c25-21-9-8-16(15-22-18-6-1-2-7-19(18)23(30)27-26-22)14-20(21)24(31)28-10-12-29(13-11-28)34(32,33)17-4-3-5-17/h1-2,6-9,14,17H,3-5,10-13,15H2,(H,27,30). The van der Waals surface area contributed by atoms with E-state index in [1.165, 1.54) is 21.3 Å². The molecule has 0 spiro atoms. The predicted molar refractivity (Wildman–Crippen MR) is 126 cm³/mol. The number of fused-ring (bicyclic) bond motifs is 1. The van der Waals surface area contributed by atoms with Crippen LogP contribution >= 0.6 is 0 Å². The summed E-state index contributed by atoms with van der Waals surface area (Å²) in [4.78, 5) is 26.6. The lowest BCUT2D eigenvalue weighted by Gasteiger charge is -2.38. The van der Waals surface area contributed by atoms with E-state index < -0.39 is 21.7 Å². The van der Waals surface area contributed by atoms with Gasteiger partial charge in [0.15, 0.2) is 0 Å². The van der Waals surface area contributed by atoms with E-state index in [1.54, 1.807) is 24.3 Å². The maximum atomic E-state index is 14.6. The van der Waals surface area contributed by atoms with Gasteiger partial charge in [-0.1, -0.05) is 30.7 Å². The molecule has 1 saturated heterocycles. The summed E-state index contributed by atoms with van der Waals surface area (Å²) < 4.78 is 41.4. The molecule has 8 nitrogen and oxygen atoms in total. The molecule has 0 atom stereocenters. The van der Waals surface area contributed by atoms with Crippen molar-refractivity contribution in [1.29, 1.82) is 0 Å². The Hall–Kier alpha value is -3.11. The number of piperazine rings is 1. The maximum Gasteiger partial charge on any atom is 0.272 e. The van der Waals surface area contributed by atoms with Crippen molar-refractivity contribution < 1.29 is 17.6 Å². The lowest BCUT2D eigenvalue weighted by Crippen LogP contribution is -2.53. The van der Waals surface area contributed by atoms with Gasteiger partial charge >= 0.3 is 0 Å². The minimum absolute atomic E-state index is 0.0541. The molecule has 3 aromatic rings. The minimum atomic E-state index is -3.32. The Morgan fingerprint density at radius 2 is 1.76 bits per heavy atom. The molecule has 0 bridgehead atoms. The van der Waals surface area contributed by atoms with Gasteiger partial charge in [0.1, 0.15) is 5.82 Å². The van der Waals surface area contributed by atoms with E-state index >= 15 is 0 Å². The van der Waals surface area contributed by atoms with Crippen molar-refractivity contribution in [2.24, 2.45) is 0 Å². The lowest BCUT2D eigenvalue weighted by atomic mass is 10.0. The molecule has 178 valence electrons. The number of carbonyl (C=O) groups excluding carboxylic acids is 1. The first kappa shape index (κ1) is 22.7. The van der Waals surface area contributed by atoms with E-state index in [2.05, 4.69) is 10.2 Å². The Labute approximate surface area is 196 Å². The van der Waals surface area contributed by atoms with Gasteiger partial charge in [-0.15, -0.1) is 0 Å². The average molecular weight is 485 g/mol. The number of rotatable bonds is 5. The molecule has 1 saturated carbocycles. The molecule has 0 radical (unpaired) electrons. The molecule has 1 aliphatic heterocycles. The van der Waals surface area contributed by atoms with Gasteiger partial charge in [-0.3, -0.25) is 9.59 Å². The van der Waals surface area contributed by atoms with E-state index in [-0.39, 0.29) is 42.6 Å². The number of nitrogens with zero attached hydrogens (tertiary/aromatic N) is 3. The fourth-order valence-corrected chi connectivity index (χ4v) is 6.56. The average Bonchev–Trinajstić information content (AvgIpc) is 2.80. The molecule has 0 unspecified atom stereocenters. The summed E-state index contributed by atoms with van der Waals surface area (Å²) >= 11 is 0. The fourth-order valence-electron chi connectivity index (χ4n) is 4.54. The van der Waals surface area contributed by atoms with Crippen LogP contribution in [0.25, 0.3) is 10.8 Å². The Balaban J connectivity index is 1.33. The molecule has 2 heterocycles. The molecule has 1 N–H and O–H groups in total. The smallest absolute Gasteiger partial charge is 0.272 e. The molecule has 2 aliphatic rings. The minimum Gasteiger partial charge on any atom is -0.336 e. The van der Waals surface area contributed by atoms with Gasteiger partial charge in [0, 0.05) is 38.0 Å². The Kier molecular flexibility index (Phi) is 5.95. The normalized spacial score (nSPS) is 17.6. The lowest BCUT2D eigenvalue weighted by molar-refractivity contribution is 0.0692. The van der Waals surface area contributed by atoms with Crippen molar-refractivity contribution in [1.82, 2.24) is 19.4 Å². The number of nitrogens with one attached hydrogen (secondary N) is 1. The van der Waals surface area contributed by atoms with E-state index in [0.717, 1.165) is 6.42 Å². The molecule has 10 heteroatoms. The highest BCUT2D eigenvalue weighted by Gasteiger charge is 2.38. The monoisotopic (exact) mass is 484 g/mol. The van der Waals surface area contributed by atoms with Crippen LogP contribution in [0, 0.1) is 5.82 Å². The highest BCUT2D eigenvalue weighted by Crippen LogP contribution is 2.29. The summed E-state index contributed by atoms with van der Waals surface area (Å²) in [5.74, 6) is -1.09. The second-order valence-electron chi connectivity index (χ2n) is 8.83. The molecule has 2 aromatic carbocycles. The Morgan fingerprint density at radius 3 is 2.44 bits per heavy atom. The second kappa shape index (κ2) is 8.92. The van der Waals surface area contributed by atoms with Gasteiger partial charge < -0.3 is 4.90 Å². The summed E-state index contributed by atoms with van der Waals surface area (Å²) in [6, 6.07) is 11.5. The van der Waals surface area contributed by atoms with E-state index in [9.17, 15) is 22.4 Å². The molecular formula is C24H25FN4O4S. The first-order chi connectivity index (χ1) is 16.3. The van der Waals surface area contributed by atoms with Gasteiger partial charge in [-0.25, -0.2) is 17.9 Å². The Morgan fingerprint density at radius 1 is 1.06 bits per heavy atom. The topological polar surface area (TPSA) is 103 Å². The first-order valence-electron chi connectivity index (χ1n) is 11.4. The number of halogens is 1. The van der Waals surface area contributed by atoms with Crippen LogP contribution in [0.2, 0.25) is 0 Å². The number of aromatic amines is 1. The second-order valence-corrected chi connectivity index (χ2v) is 11.0. The van der Waals surface area contributed by atoms with Crippen molar-refractivity contribution in [3.63, 3.8) is 0 Å². The highest BCUT2D eigenvalue weighted by atomic mass is 32.2. The number of benzene rings is 2. The van der Waals surface area contributed by atoms with Gasteiger partial charge in [-0.05, 0) is 36.6 Å². The number of H-pyrrole nitrogens is 1. The third kappa shape index (κ3) is 4.12. The summed E-state index contributed by atoms with van der Waals surface area (Å²) in [6.45, 7) is 0.888. The molecule has 1 aromatic heterocycles. The quantitative estimate of drug-likeness (QED) is 0.599. The van der Waals surface area contributed by atoms with E-state index in [0.29, 0.717) is 41.3 Å². The van der Waals surface area contributed by atoms with Crippen molar-refractivity contribution in [2.45, 2.75) is 30.9 Å². The molecule has 34 heavy (non-hydrogen) atoms. The van der Waals surface area contributed by atoms with Gasteiger partial charge in [-0.2, -0.15) is 9.40 Å².